The first-order valence-corrected chi connectivity index (χ1v) is 5.05. The van der Waals surface area contributed by atoms with Gasteiger partial charge in [-0.3, -0.25) is 4.79 Å². The number of esters is 1. The minimum atomic E-state index is -0.156. The predicted molar refractivity (Wildman–Crippen MR) is 54.5 cm³/mol. The predicted octanol–water partition coefficient (Wildman–Crippen LogP) is 1.24. The molecule has 1 aliphatic rings. The molecule has 0 aromatic carbocycles. The van der Waals surface area contributed by atoms with E-state index >= 15 is 0 Å². The number of rotatable bonds is 4. The van der Waals surface area contributed by atoms with Crippen molar-refractivity contribution in [3.63, 3.8) is 0 Å². The lowest BCUT2D eigenvalue weighted by Gasteiger charge is -2.41. The number of H-pyrrole nitrogens is 1. The summed E-state index contributed by atoms with van der Waals surface area (Å²) in [7, 11) is 1.42. The maximum absolute atomic E-state index is 11.1. The molecule has 0 spiro atoms. The molecule has 4 nitrogen and oxygen atoms in total. The fourth-order valence-corrected chi connectivity index (χ4v) is 1.90. The van der Waals surface area contributed by atoms with Crippen LogP contribution < -0.4 is 0 Å². The van der Waals surface area contributed by atoms with Crippen LogP contribution in [0, 0.1) is 0 Å². The summed E-state index contributed by atoms with van der Waals surface area (Å²) in [5, 5.41) is 0. The highest BCUT2D eigenvalue weighted by molar-refractivity contribution is 5.69. The van der Waals surface area contributed by atoms with Gasteiger partial charge in [-0.15, -0.1) is 0 Å². The van der Waals surface area contributed by atoms with Gasteiger partial charge in [0.2, 0.25) is 0 Å². The Morgan fingerprint density at radius 3 is 2.93 bits per heavy atom. The van der Waals surface area contributed by atoms with Crippen LogP contribution in [0.5, 0.6) is 0 Å². The van der Waals surface area contributed by atoms with Crippen molar-refractivity contribution in [1.29, 1.82) is 0 Å². The third kappa shape index (κ3) is 1.90. The van der Waals surface area contributed by atoms with Crippen molar-refractivity contribution in [3.05, 3.63) is 24.0 Å². The van der Waals surface area contributed by atoms with E-state index in [0.29, 0.717) is 19.6 Å². The number of ether oxygens (including phenoxy) is 2. The Labute approximate surface area is 88.6 Å². The number of hydrogen-bond donors (Lipinski definition) is 1. The smallest absolute Gasteiger partial charge is 0.305 e. The summed E-state index contributed by atoms with van der Waals surface area (Å²) >= 11 is 0. The second-order valence-electron chi connectivity index (χ2n) is 3.95. The number of nitrogens with one attached hydrogen (secondary N) is 1. The molecule has 0 radical (unpaired) electrons. The average Bonchev–Trinajstić information content (AvgIpc) is 2.69. The highest BCUT2D eigenvalue weighted by atomic mass is 16.5. The van der Waals surface area contributed by atoms with Gasteiger partial charge in [-0.05, 0) is 18.1 Å². The molecule has 1 aliphatic heterocycles. The highest BCUT2D eigenvalue weighted by Crippen LogP contribution is 2.36. The van der Waals surface area contributed by atoms with E-state index in [2.05, 4.69) is 9.72 Å². The molecule has 4 heteroatoms. The fourth-order valence-electron chi connectivity index (χ4n) is 1.90. The molecule has 2 heterocycles. The van der Waals surface area contributed by atoms with Gasteiger partial charge in [-0.2, -0.15) is 0 Å². The molecule has 82 valence electrons. The second kappa shape index (κ2) is 4.06. The molecule has 2 rings (SSSR count). The summed E-state index contributed by atoms with van der Waals surface area (Å²) in [4.78, 5) is 14.1. The van der Waals surface area contributed by atoms with Crippen molar-refractivity contribution in [2.45, 2.75) is 18.3 Å². The molecule has 0 aliphatic carbocycles. The Balaban J connectivity index is 2.00. The van der Waals surface area contributed by atoms with Gasteiger partial charge < -0.3 is 14.5 Å². The van der Waals surface area contributed by atoms with Crippen LogP contribution in [-0.4, -0.2) is 31.3 Å². The van der Waals surface area contributed by atoms with Crippen LogP contribution in [0.15, 0.2) is 18.5 Å². The normalized spacial score (nSPS) is 18.2. The molecule has 0 unspecified atom stereocenters. The average molecular weight is 209 g/mol. The molecule has 1 N–H and O–H groups in total. The lowest BCUT2D eigenvalue weighted by atomic mass is 9.76. The van der Waals surface area contributed by atoms with E-state index in [-0.39, 0.29) is 11.4 Å². The molecular formula is C11H15NO3. The maximum Gasteiger partial charge on any atom is 0.305 e. The molecule has 1 aromatic rings. The highest BCUT2D eigenvalue weighted by Gasteiger charge is 2.40. The van der Waals surface area contributed by atoms with E-state index in [0.717, 1.165) is 6.42 Å². The third-order valence-corrected chi connectivity index (χ3v) is 3.00. The quantitative estimate of drug-likeness (QED) is 0.759. The Morgan fingerprint density at radius 2 is 2.47 bits per heavy atom. The summed E-state index contributed by atoms with van der Waals surface area (Å²) in [6.45, 7) is 1.39. The second-order valence-corrected chi connectivity index (χ2v) is 3.95. The number of hydrogen-bond acceptors (Lipinski definition) is 3. The number of methoxy groups -OCH3 is 1. The largest absolute Gasteiger partial charge is 0.469 e. The first kappa shape index (κ1) is 10.2. The summed E-state index contributed by atoms with van der Waals surface area (Å²) in [6, 6.07) is 2.04. The van der Waals surface area contributed by atoms with Gasteiger partial charge in [0.25, 0.3) is 0 Å². The molecule has 1 aromatic heterocycles. The molecule has 0 amide bonds. The van der Waals surface area contributed by atoms with Crippen molar-refractivity contribution in [3.8, 4) is 0 Å². The minimum absolute atomic E-state index is 0.0220. The number of carbonyl (C=O) groups excluding carboxylic acids is 1. The summed E-state index contributed by atoms with van der Waals surface area (Å²) in [5.74, 6) is -0.156. The van der Waals surface area contributed by atoms with Gasteiger partial charge in [0.05, 0.1) is 20.3 Å². The first-order valence-electron chi connectivity index (χ1n) is 5.05. The zero-order valence-corrected chi connectivity index (χ0v) is 8.79. The molecule has 1 saturated heterocycles. The Hall–Kier alpha value is -1.29. The SMILES string of the molecule is COC(=O)CCC1(c2cc[nH]c2)COC1. The standard InChI is InChI=1S/C11H15NO3/c1-14-10(13)2-4-11(7-15-8-11)9-3-5-12-6-9/h3,5-6,12H,2,4,7-8H2,1H3. The first-order chi connectivity index (χ1) is 7.27. The molecule has 0 bridgehead atoms. The Morgan fingerprint density at radius 1 is 1.67 bits per heavy atom. The van der Waals surface area contributed by atoms with Gasteiger partial charge in [0, 0.05) is 24.2 Å². The lowest BCUT2D eigenvalue weighted by Crippen LogP contribution is -2.46. The van der Waals surface area contributed by atoms with E-state index in [1.165, 1.54) is 12.7 Å². The van der Waals surface area contributed by atoms with Crippen LogP contribution in [-0.2, 0) is 19.7 Å². The monoisotopic (exact) mass is 209 g/mol. The van der Waals surface area contributed by atoms with E-state index in [1.54, 1.807) is 0 Å². The van der Waals surface area contributed by atoms with Crippen molar-refractivity contribution < 1.29 is 14.3 Å². The summed E-state index contributed by atoms with van der Waals surface area (Å²) in [5.41, 5.74) is 1.24. The summed E-state index contributed by atoms with van der Waals surface area (Å²) < 4.78 is 9.91. The molecule has 15 heavy (non-hydrogen) atoms. The lowest BCUT2D eigenvalue weighted by molar-refractivity contribution is -0.142. The van der Waals surface area contributed by atoms with Gasteiger partial charge >= 0.3 is 5.97 Å². The molecule has 0 saturated carbocycles. The third-order valence-electron chi connectivity index (χ3n) is 3.00. The van der Waals surface area contributed by atoms with Gasteiger partial charge in [-0.1, -0.05) is 0 Å². The number of aromatic amines is 1. The fraction of sp³-hybridized carbons (Fsp3) is 0.545. The van der Waals surface area contributed by atoms with Crippen LogP contribution in [0.4, 0.5) is 0 Å². The van der Waals surface area contributed by atoms with Crippen LogP contribution in [0.25, 0.3) is 0 Å². The molecular weight excluding hydrogens is 194 g/mol. The number of aromatic nitrogens is 1. The van der Waals surface area contributed by atoms with Crippen molar-refractivity contribution in [2.24, 2.45) is 0 Å². The van der Waals surface area contributed by atoms with Crippen LogP contribution in [0.1, 0.15) is 18.4 Å². The Bertz CT molecular complexity index is 328. The Kier molecular flexibility index (Phi) is 2.77. The zero-order valence-electron chi connectivity index (χ0n) is 8.79. The van der Waals surface area contributed by atoms with Crippen molar-refractivity contribution in [1.82, 2.24) is 4.98 Å². The van der Waals surface area contributed by atoms with E-state index in [9.17, 15) is 4.79 Å². The van der Waals surface area contributed by atoms with Crippen molar-refractivity contribution in [2.75, 3.05) is 20.3 Å². The molecule has 0 atom stereocenters. The van der Waals surface area contributed by atoms with Crippen LogP contribution >= 0.6 is 0 Å². The van der Waals surface area contributed by atoms with Crippen LogP contribution in [0.3, 0.4) is 0 Å². The van der Waals surface area contributed by atoms with E-state index in [4.69, 9.17) is 4.74 Å². The molecule has 1 fully saturated rings. The number of carbonyl (C=O) groups is 1. The maximum atomic E-state index is 11.1. The summed E-state index contributed by atoms with van der Waals surface area (Å²) in [6.07, 6.45) is 5.11. The van der Waals surface area contributed by atoms with E-state index < -0.39 is 0 Å². The van der Waals surface area contributed by atoms with Gasteiger partial charge in [0.1, 0.15) is 0 Å². The van der Waals surface area contributed by atoms with Gasteiger partial charge in [-0.25, -0.2) is 0 Å². The van der Waals surface area contributed by atoms with Crippen LogP contribution in [0.2, 0.25) is 0 Å². The topological polar surface area (TPSA) is 51.3 Å². The van der Waals surface area contributed by atoms with E-state index in [1.807, 2.05) is 18.5 Å². The minimum Gasteiger partial charge on any atom is -0.469 e. The zero-order chi connectivity index (χ0) is 10.7. The van der Waals surface area contributed by atoms with Crippen molar-refractivity contribution >= 4 is 5.97 Å². The van der Waals surface area contributed by atoms with Gasteiger partial charge in [0.15, 0.2) is 0 Å².